The fraction of sp³-hybridized carbons (Fsp3) is 0.0870. The van der Waals surface area contributed by atoms with Crippen LogP contribution in [0.3, 0.4) is 0 Å². The molecule has 30 heavy (non-hydrogen) atoms. The smallest absolute Gasteiger partial charge is 0.379 e. The fourth-order valence-corrected chi connectivity index (χ4v) is 2.87. The summed E-state index contributed by atoms with van der Waals surface area (Å²) in [4.78, 5) is 28.6. The van der Waals surface area contributed by atoms with Crippen LogP contribution < -0.4 is 9.47 Å². The Bertz CT molecular complexity index is 1170. The molecule has 7 nitrogen and oxygen atoms in total. The molecule has 0 N–H and O–H groups in total. The van der Waals surface area contributed by atoms with Gasteiger partial charge in [0.25, 0.3) is 0 Å². The number of furan rings is 1. The minimum Gasteiger partial charge on any atom is -0.493 e. The number of nitrogens with zero attached hydrogens (tertiary/aromatic N) is 1. The number of esters is 2. The molecule has 0 fully saturated rings. The third kappa shape index (κ3) is 4.00. The standard InChI is InChI=1S/C23H17NO6/c1-14-5-3-6-16(11-14)21-24-17(22(25)30-21)12-15-8-9-18(20(13-15)27-2)29-23(26)19-7-4-10-28-19/h3-13H,1-2H3. The van der Waals surface area contributed by atoms with Crippen LogP contribution in [0.25, 0.3) is 6.08 Å². The van der Waals surface area contributed by atoms with Crippen molar-refractivity contribution in [3.8, 4) is 11.5 Å². The highest BCUT2D eigenvalue weighted by Gasteiger charge is 2.24. The molecule has 3 aromatic rings. The quantitative estimate of drug-likeness (QED) is 0.361. The van der Waals surface area contributed by atoms with Gasteiger partial charge in [0.15, 0.2) is 17.2 Å². The van der Waals surface area contributed by atoms with E-state index in [1.807, 2.05) is 31.2 Å². The van der Waals surface area contributed by atoms with E-state index < -0.39 is 11.9 Å². The van der Waals surface area contributed by atoms with Gasteiger partial charge in [0.2, 0.25) is 11.7 Å². The van der Waals surface area contributed by atoms with Gasteiger partial charge in [-0.1, -0.05) is 23.8 Å². The average molecular weight is 403 g/mol. The average Bonchev–Trinajstić information content (AvgIpc) is 3.40. The van der Waals surface area contributed by atoms with E-state index in [4.69, 9.17) is 18.6 Å². The van der Waals surface area contributed by atoms with Crippen LogP contribution in [-0.2, 0) is 9.53 Å². The molecule has 0 atom stereocenters. The Morgan fingerprint density at radius 2 is 1.93 bits per heavy atom. The summed E-state index contributed by atoms with van der Waals surface area (Å²) < 4.78 is 20.9. The number of aryl methyl sites for hydroxylation is 1. The number of rotatable bonds is 5. The lowest BCUT2D eigenvalue weighted by atomic mass is 10.1. The number of benzene rings is 2. The second-order valence-electron chi connectivity index (χ2n) is 6.48. The molecule has 0 saturated heterocycles. The van der Waals surface area contributed by atoms with Crippen molar-refractivity contribution in [2.24, 2.45) is 4.99 Å². The zero-order valence-corrected chi connectivity index (χ0v) is 16.2. The number of carbonyl (C=O) groups is 2. The Hall–Kier alpha value is -4.13. The van der Waals surface area contributed by atoms with Crippen molar-refractivity contribution < 1.29 is 28.2 Å². The summed E-state index contributed by atoms with van der Waals surface area (Å²) in [6, 6.07) is 15.5. The van der Waals surface area contributed by atoms with E-state index in [2.05, 4.69) is 4.99 Å². The predicted molar refractivity (Wildman–Crippen MR) is 108 cm³/mol. The Morgan fingerprint density at radius 3 is 2.67 bits per heavy atom. The molecule has 0 saturated carbocycles. The molecular weight excluding hydrogens is 386 g/mol. The molecule has 4 rings (SSSR count). The minimum absolute atomic E-state index is 0.0787. The highest BCUT2D eigenvalue weighted by Crippen LogP contribution is 2.30. The highest BCUT2D eigenvalue weighted by molar-refractivity contribution is 6.12. The van der Waals surface area contributed by atoms with Gasteiger partial charge in [-0.2, -0.15) is 0 Å². The first-order valence-corrected chi connectivity index (χ1v) is 9.07. The molecule has 0 bridgehead atoms. The van der Waals surface area contributed by atoms with E-state index in [1.54, 1.807) is 30.3 Å². The molecule has 1 aromatic heterocycles. The Balaban J connectivity index is 1.59. The molecule has 1 aliphatic heterocycles. The van der Waals surface area contributed by atoms with Crippen LogP contribution in [0.5, 0.6) is 11.5 Å². The molecule has 7 heteroatoms. The summed E-state index contributed by atoms with van der Waals surface area (Å²) in [5, 5.41) is 0. The van der Waals surface area contributed by atoms with Gasteiger partial charge >= 0.3 is 11.9 Å². The van der Waals surface area contributed by atoms with Gasteiger partial charge in [-0.25, -0.2) is 14.6 Å². The zero-order valence-electron chi connectivity index (χ0n) is 16.2. The Morgan fingerprint density at radius 1 is 1.07 bits per heavy atom. The van der Waals surface area contributed by atoms with Crippen molar-refractivity contribution >= 4 is 23.9 Å². The molecule has 1 aliphatic rings. The Labute approximate surface area is 172 Å². The first-order chi connectivity index (χ1) is 14.5. The van der Waals surface area contributed by atoms with E-state index in [0.29, 0.717) is 11.3 Å². The van der Waals surface area contributed by atoms with Crippen LogP contribution in [0, 0.1) is 6.92 Å². The molecule has 2 heterocycles. The van der Waals surface area contributed by atoms with Crippen LogP contribution in [0.4, 0.5) is 0 Å². The maximum absolute atomic E-state index is 12.2. The van der Waals surface area contributed by atoms with Crippen molar-refractivity contribution in [3.05, 3.63) is 89.0 Å². The SMILES string of the molecule is COc1cc(C=C2N=C(c3cccc(C)c3)OC2=O)ccc1OC(=O)c1ccco1. The number of carbonyl (C=O) groups excluding carboxylic acids is 2. The number of ether oxygens (including phenoxy) is 3. The lowest BCUT2D eigenvalue weighted by Crippen LogP contribution is -2.08. The van der Waals surface area contributed by atoms with Gasteiger partial charge in [-0.15, -0.1) is 0 Å². The molecule has 2 aromatic carbocycles. The van der Waals surface area contributed by atoms with E-state index in [-0.39, 0.29) is 23.1 Å². The number of hydrogen-bond acceptors (Lipinski definition) is 7. The number of methoxy groups -OCH3 is 1. The number of aliphatic imine (C=N–C) groups is 1. The molecule has 0 spiro atoms. The van der Waals surface area contributed by atoms with Gasteiger partial charge in [0, 0.05) is 5.56 Å². The number of hydrogen-bond donors (Lipinski definition) is 0. The highest BCUT2D eigenvalue weighted by atomic mass is 16.6. The topological polar surface area (TPSA) is 87.3 Å². The van der Waals surface area contributed by atoms with E-state index in [1.165, 1.54) is 19.4 Å². The maximum Gasteiger partial charge on any atom is 0.379 e. The second-order valence-corrected chi connectivity index (χ2v) is 6.48. The summed E-state index contributed by atoms with van der Waals surface area (Å²) in [5.74, 6) is -0.312. The third-order valence-electron chi connectivity index (χ3n) is 4.30. The summed E-state index contributed by atoms with van der Waals surface area (Å²) in [5.41, 5.74) is 2.55. The molecule has 0 unspecified atom stereocenters. The van der Waals surface area contributed by atoms with Crippen LogP contribution in [-0.4, -0.2) is 24.9 Å². The predicted octanol–water partition coefficient (Wildman–Crippen LogP) is 4.16. The summed E-state index contributed by atoms with van der Waals surface area (Å²) >= 11 is 0. The van der Waals surface area contributed by atoms with Gasteiger partial charge in [0.05, 0.1) is 13.4 Å². The van der Waals surface area contributed by atoms with E-state index in [9.17, 15) is 9.59 Å². The molecular formula is C23H17NO6. The van der Waals surface area contributed by atoms with Crippen LogP contribution in [0.1, 0.15) is 27.2 Å². The normalized spacial score (nSPS) is 14.4. The zero-order chi connectivity index (χ0) is 21.1. The van der Waals surface area contributed by atoms with Crippen molar-refractivity contribution in [2.45, 2.75) is 6.92 Å². The molecule has 150 valence electrons. The van der Waals surface area contributed by atoms with Crippen molar-refractivity contribution in [1.82, 2.24) is 0 Å². The summed E-state index contributed by atoms with van der Waals surface area (Å²) in [6.45, 7) is 1.95. The van der Waals surface area contributed by atoms with Crippen molar-refractivity contribution in [1.29, 1.82) is 0 Å². The minimum atomic E-state index is -0.642. The molecule has 0 amide bonds. The monoisotopic (exact) mass is 403 g/mol. The van der Waals surface area contributed by atoms with Crippen LogP contribution >= 0.6 is 0 Å². The lowest BCUT2D eigenvalue weighted by molar-refractivity contribution is -0.129. The first-order valence-electron chi connectivity index (χ1n) is 9.07. The Kier molecular flexibility index (Phi) is 5.17. The van der Waals surface area contributed by atoms with E-state index >= 15 is 0 Å². The fourth-order valence-electron chi connectivity index (χ4n) is 2.87. The first kappa shape index (κ1) is 19.2. The molecule has 0 aliphatic carbocycles. The van der Waals surface area contributed by atoms with Crippen LogP contribution in [0.2, 0.25) is 0 Å². The number of cyclic esters (lactones) is 1. The van der Waals surface area contributed by atoms with Crippen molar-refractivity contribution in [2.75, 3.05) is 7.11 Å². The van der Waals surface area contributed by atoms with Crippen LogP contribution in [0.15, 0.2) is 76.0 Å². The third-order valence-corrected chi connectivity index (χ3v) is 4.30. The van der Waals surface area contributed by atoms with Gasteiger partial charge < -0.3 is 18.6 Å². The molecule has 0 radical (unpaired) electrons. The van der Waals surface area contributed by atoms with Gasteiger partial charge in [0.1, 0.15) is 0 Å². The van der Waals surface area contributed by atoms with Gasteiger partial charge in [-0.3, -0.25) is 0 Å². The summed E-state index contributed by atoms with van der Waals surface area (Å²) in [7, 11) is 1.45. The second kappa shape index (κ2) is 8.08. The van der Waals surface area contributed by atoms with Gasteiger partial charge in [-0.05, 0) is 55.0 Å². The van der Waals surface area contributed by atoms with E-state index in [0.717, 1.165) is 11.1 Å². The summed E-state index contributed by atoms with van der Waals surface area (Å²) in [6.07, 6.45) is 2.96. The lowest BCUT2D eigenvalue weighted by Gasteiger charge is -2.09. The largest absolute Gasteiger partial charge is 0.493 e. The maximum atomic E-state index is 12.2. The van der Waals surface area contributed by atoms with Crippen molar-refractivity contribution in [3.63, 3.8) is 0 Å².